The van der Waals surface area contributed by atoms with Crippen LogP contribution in [-0.4, -0.2) is 56.5 Å². The van der Waals surface area contributed by atoms with Gasteiger partial charge in [0.1, 0.15) is 0 Å². The lowest BCUT2D eigenvalue weighted by Crippen LogP contribution is -2.59. The molecule has 0 amide bonds. The van der Waals surface area contributed by atoms with Crippen molar-refractivity contribution in [3.8, 4) is 0 Å². The van der Waals surface area contributed by atoms with Gasteiger partial charge in [0.15, 0.2) is 0 Å². The van der Waals surface area contributed by atoms with Gasteiger partial charge in [0.2, 0.25) is 0 Å². The van der Waals surface area contributed by atoms with Crippen LogP contribution in [0.15, 0.2) is 30.3 Å². The lowest BCUT2D eigenvalue weighted by atomic mass is 9.43. The highest BCUT2D eigenvalue weighted by Crippen LogP contribution is 2.68. The van der Waals surface area contributed by atoms with E-state index in [1.165, 1.54) is 89.0 Å². The standard InChI is InChI=1S/C40H70N4O/c1-30(12-9-15-31-13-5-4-6-14-31)34-16-17-35-38-36(19-21-40(34,35)3)39(2)20-18-33(28-32(39)29-37(38)45)44-27-11-26-43-24-8-7-23-42-25-10-22-41/h4-6,13-14,30,32-38,42-45H,7-12,15-29,41H2,1-3H3/t30-,32-,33+,34-,35?,36?,37?,38?,39+,40-/m1/s1. The highest BCUT2D eigenvalue weighted by molar-refractivity contribution is 5.15. The largest absolute Gasteiger partial charge is 0.393 e. The number of hydrogen-bond acceptors (Lipinski definition) is 5. The fourth-order valence-electron chi connectivity index (χ4n) is 11.4. The molecule has 0 spiro atoms. The average molecular weight is 623 g/mol. The summed E-state index contributed by atoms with van der Waals surface area (Å²) in [6.07, 6.45) is 19.0. The second-order valence-electron chi connectivity index (χ2n) is 16.5. The van der Waals surface area contributed by atoms with E-state index in [4.69, 9.17) is 5.73 Å². The smallest absolute Gasteiger partial charge is 0.0577 e. The molecule has 0 heterocycles. The van der Waals surface area contributed by atoms with Crippen molar-refractivity contribution >= 4 is 0 Å². The zero-order valence-corrected chi connectivity index (χ0v) is 29.4. The number of nitrogens with one attached hydrogen (secondary N) is 3. The second kappa shape index (κ2) is 16.9. The minimum atomic E-state index is -0.0938. The number of rotatable bonds is 18. The fraction of sp³-hybridized carbons (Fsp3) is 0.850. The Morgan fingerprint density at radius 2 is 1.49 bits per heavy atom. The number of fused-ring (bicyclic) bond motifs is 5. The monoisotopic (exact) mass is 623 g/mol. The Balaban J connectivity index is 1.04. The maximum absolute atomic E-state index is 11.8. The predicted molar refractivity (Wildman–Crippen MR) is 190 cm³/mol. The van der Waals surface area contributed by atoms with Crippen LogP contribution < -0.4 is 21.7 Å². The zero-order valence-electron chi connectivity index (χ0n) is 29.4. The molecule has 1 aromatic rings. The molecule has 5 heteroatoms. The molecule has 4 aliphatic carbocycles. The molecular weight excluding hydrogens is 552 g/mol. The first-order valence-corrected chi connectivity index (χ1v) is 19.4. The minimum absolute atomic E-state index is 0.0938. The number of hydrogen-bond donors (Lipinski definition) is 5. The SMILES string of the molecule is C[C@H](CCCc1ccccc1)[C@H]1CCC2C3C(O)C[C@H]4C[C@@H](NCCCNCCCCNCCCN)CC[C@]4(C)C3CC[C@@]21C. The van der Waals surface area contributed by atoms with Gasteiger partial charge in [-0.3, -0.25) is 0 Å². The molecule has 6 N–H and O–H groups in total. The Labute approximate surface area is 277 Å². The van der Waals surface area contributed by atoms with Gasteiger partial charge in [-0.1, -0.05) is 57.5 Å². The molecule has 0 aliphatic heterocycles. The van der Waals surface area contributed by atoms with E-state index in [1.54, 1.807) is 0 Å². The molecule has 5 nitrogen and oxygen atoms in total. The molecule has 0 aromatic heterocycles. The van der Waals surface area contributed by atoms with E-state index in [1.807, 2.05) is 0 Å². The molecule has 5 rings (SSSR count). The molecule has 4 fully saturated rings. The number of benzene rings is 1. The molecule has 4 unspecified atom stereocenters. The van der Waals surface area contributed by atoms with E-state index in [0.717, 1.165) is 75.8 Å². The third-order valence-electron chi connectivity index (χ3n) is 13.9. The quantitative estimate of drug-likeness (QED) is 0.115. The average Bonchev–Trinajstić information content (AvgIpc) is 3.40. The minimum Gasteiger partial charge on any atom is -0.393 e. The molecular formula is C40H70N4O. The maximum Gasteiger partial charge on any atom is 0.0577 e. The Bertz CT molecular complexity index is 990. The fourth-order valence-corrected chi connectivity index (χ4v) is 11.4. The number of aryl methyl sites for hydroxylation is 1. The van der Waals surface area contributed by atoms with Gasteiger partial charge < -0.3 is 26.8 Å². The first-order valence-electron chi connectivity index (χ1n) is 19.4. The first-order chi connectivity index (χ1) is 21.9. The molecule has 0 bridgehead atoms. The third-order valence-corrected chi connectivity index (χ3v) is 13.9. The van der Waals surface area contributed by atoms with Gasteiger partial charge in [0, 0.05) is 6.04 Å². The van der Waals surface area contributed by atoms with Crippen LogP contribution in [0.3, 0.4) is 0 Å². The first kappa shape index (κ1) is 35.3. The van der Waals surface area contributed by atoms with Crippen LogP contribution >= 0.6 is 0 Å². The van der Waals surface area contributed by atoms with Gasteiger partial charge in [0.05, 0.1) is 6.10 Å². The molecule has 256 valence electrons. The van der Waals surface area contributed by atoms with Crippen LogP contribution in [0.25, 0.3) is 0 Å². The van der Waals surface area contributed by atoms with E-state index >= 15 is 0 Å². The van der Waals surface area contributed by atoms with Crippen molar-refractivity contribution in [1.82, 2.24) is 16.0 Å². The van der Waals surface area contributed by atoms with Crippen LogP contribution in [0.5, 0.6) is 0 Å². The summed E-state index contributed by atoms with van der Waals surface area (Å²) >= 11 is 0. The predicted octanol–water partition coefficient (Wildman–Crippen LogP) is 6.93. The van der Waals surface area contributed by atoms with Crippen molar-refractivity contribution in [2.24, 2.45) is 52.1 Å². The lowest BCUT2D eigenvalue weighted by molar-refractivity contribution is -0.167. The molecule has 45 heavy (non-hydrogen) atoms. The van der Waals surface area contributed by atoms with Crippen LogP contribution in [-0.2, 0) is 6.42 Å². The summed E-state index contributed by atoms with van der Waals surface area (Å²) in [6, 6.07) is 11.7. The maximum atomic E-state index is 11.8. The van der Waals surface area contributed by atoms with Gasteiger partial charge in [-0.25, -0.2) is 0 Å². The number of aliphatic hydroxyl groups is 1. The van der Waals surface area contributed by atoms with Crippen molar-refractivity contribution < 1.29 is 5.11 Å². The van der Waals surface area contributed by atoms with Gasteiger partial charge in [-0.2, -0.15) is 0 Å². The Morgan fingerprint density at radius 3 is 2.24 bits per heavy atom. The van der Waals surface area contributed by atoms with Crippen LogP contribution in [0, 0.1) is 46.3 Å². The van der Waals surface area contributed by atoms with Crippen LogP contribution in [0.1, 0.15) is 116 Å². The molecule has 4 aliphatic rings. The summed E-state index contributed by atoms with van der Waals surface area (Å²) < 4.78 is 0. The Morgan fingerprint density at radius 1 is 0.800 bits per heavy atom. The summed E-state index contributed by atoms with van der Waals surface area (Å²) in [5.41, 5.74) is 7.88. The summed E-state index contributed by atoms with van der Waals surface area (Å²) in [4.78, 5) is 0. The zero-order chi connectivity index (χ0) is 31.7. The molecule has 10 atom stereocenters. The molecule has 0 saturated heterocycles. The van der Waals surface area contributed by atoms with Crippen molar-refractivity contribution in [2.45, 2.75) is 129 Å². The van der Waals surface area contributed by atoms with E-state index < -0.39 is 0 Å². The second-order valence-corrected chi connectivity index (χ2v) is 16.5. The highest BCUT2D eigenvalue weighted by Gasteiger charge is 2.62. The number of nitrogens with two attached hydrogens (primary N) is 1. The van der Waals surface area contributed by atoms with Crippen LogP contribution in [0.4, 0.5) is 0 Å². The topological polar surface area (TPSA) is 82.3 Å². The summed E-state index contributed by atoms with van der Waals surface area (Å²) in [5, 5.41) is 22.9. The summed E-state index contributed by atoms with van der Waals surface area (Å²) in [6.45, 7) is 14.1. The summed E-state index contributed by atoms with van der Waals surface area (Å²) in [5.74, 6) is 4.27. The number of aliphatic hydroxyl groups excluding tert-OH is 1. The van der Waals surface area contributed by atoms with Gasteiger partial charge in [-0.05, 0) is 181 Å². The van der Waals surface area contributed by atoms with Gasteiger partial charge in [-0.15, -0.1) is 0 Å². The van der Waals surface area contributed by atoms with E-state index in [2.05, 4.69) is 67.1 Å². The highest BCUT2D eigenvalue weighted by atomic mass is 16.3. The van der Waals surface area contributed by atoms with E-state index in [0.29, 0.717) is 28.7 Å². The van der Waals surface area contributed by atoms with Crippen molar-refractivity contribution in [3.05, 3.63) is 35.9 Å². The van der Waals surface area contributed by atoms with E-state index in [-0.39, 0.29) is 6.10 Å². The third kappa shape index (κ3) is 8.55. The Kier molecular flexibility index (Phi) is 13.3. The normalized spacial score (nSPS) is 36.7. The molecule has 0 radical (unpaired) electrons. The molecule has 4 saturated carbocycles. The van der Waals surface area contributed by atoms with Crippen LogP contribution in [0.2, 0.25) is 0 Å². The van der Waals surface area contributed by atoms with Crippen molar-refractivity contribution in [2.75, 3.05) is 39.3 Å². The van der Waals surface area contributed by atoms with E-state index in [9.17, 15) is 5.11 Å². The lowest BCUT2D eigenvalue weighted by Gasteiger charge is -2.62. The number of unbranched alkanes of at least 4 members (excludes halogenated alkanes) is 1. The summed E-state index contributed by atoms with van der Waals surface area (Å²) in [7, 11) is 0. The molecule has 1 aromatic carbocycles. The van der Waals surface area contributed by atoms with Gasteiger partial charge in [0.25, 0.3) is 0 Å². The van der Waals surface area contributed by atoms with Crippen molar-refractivity contribution in [3.63, 3.8) is 0 Å². The Hall–Kier alpha value is -0.980. The van der Waals surface area contributed by atoms with Crippen molar-refractivity contribution in [1.29, 1.82) is 0 Å². The van der Waals surface area contributed by atoms with Gasteiger partial charge >= 0.3 is 0 Å².